The first kappa shape index (κ1) is 16.1. The molecule has 0 bridgehead atoms. The van der Waals surface area contributed by atoms with Crippen LogP contribution in [0.25, 0.3) is 0 Å². The smallest absolute Gasteiger partial charge is 0.269 e. The first-order valence-corrected chi connectivity index (χ1v) is 7.02. The zero-order valence-electron chi connectivity index (χ0n) is 12.4. The van der Waals surface area contributed by atoms with Crippen molar-refractivity contribution in [3.63, 3.8) is 0 Å². The number of piperazine rings is 1. The highest BCUT2D eigenvalue weighted by molar-refractivity contribution is 5.83. The van der Waals surface area contributed by atoms with Crippen LogP contribution in [-0.4, -0.2) is 66.6 Å². The van der Waals surface area contributed by atoms with Crippen molar-refractivity contribution in [2.75, 3.05) is 39.8 Å². The van der Waals surface area contributed by atoms with Crippen molar-refractivity contribution < 1.29 is 9.72 Å². The number of rotatable bonds is 5. The molecule has 2 rings (SSSR count). The van der Waals surface area contributed by atoms with Gasteiger partial charge in [-0.3, -0.25) is 19.8 Å². The van der Waals surface area contributed by atoms with Crippen molar-refractivity contribution in [1.29, 1.82) is 0 Å². The number of nitro benzene ring substituents is 1. The van der Waals surface area contributed by atoms with E-state index in [1.807, 2.05) is 0 Å². The van der Waals surface area contributed by atoms with Gasteiger partial charge in [0.2, 0.25) is 0 Å². The first-order valence-electron chi connectivity index (χ1n) is 7.02. The SMILES string of the molecule is CN1CCN(CC(=O)N/N=C/c2ccc([N+](=O)[O-])cc2)CC1. The summed E-state index contributed by atoms with van der Waals surface area (Å²) >= 11 is 0. The number of hydrazone groups is 1. The van der Waals surface area contributed by atoms with Gasteiger partial charge < -0.3 is 4.90 Å². The minimum Gasteiger partial charge on any atom is -0.304 e. The molecular formula is C14H19N5O3. The summed E-state index contributed by atoms with van der Waals surface area (Å²) in [6, 6.07) is 5.95. The Kier molecular flexibility index (Phi) is 5.56. The van der Waals surface area contributed by atoms with Crippen LogP contribution in [0, 0.1) is 10.1 Å². The fraction of sp³-hybridized carbons (Fsp3) is 0.429. The molecular weight excluding hydrogens is 286 g/mol. The van der Waals surface area contributed by atoms with Crippen molar-refractivity contribution in [2.24, 2.45) is 5.10 Å². The van der Waals surface area contributed by atoms with E-state index >= 15 is 0 Å². The molecule has 1 aromatic rings. The monoisotopic (exact) mass is 305 g/mol. The summed E-state index contributed by atoms with van der Waals surface area (Å²) in [6.07, 6.45) is 1.46. The molecule has 1 aliphatic rings. The first-order chi connectivity index (χ1) is 10.5. The van der Waals surface area contributed by atoms with Crippen molar-refractivity contribution in [2.45, 2.75) is 0 Å². The lowest BCUT2D eigenvalue weighted by atomic mass is 10.2. The number of hydrogen-bond acceptors (Lipinski definition) is 6. The number of benzene rings is 1. The zero-order valence-corrected chi connectivity index (χ0v) is 12.4. The van der Waals surface area contributed by atoms with Crippen LogP contribution in [-0.2, 0) is 4.79 Å². The Hall–Kier alpha value is -2.32. The van der Waals surface area contributed by atoms with Crippen molar-refractivity contribution in [3.8, 4) is 0 Å². The molecule has 0 radical (unpaired) electrons. The summed E-state index contributed by atoms with van der Waals surface area (Å²) in [4.78, 5) is 26.1. The molecule has 0 aromatic heterocycles. The second-order valence-electron chi connectivity index (χ2n) is 5.22. The maximum Gasteiger partial charge on any atom is 0.269 e. The molecule has 1 N–H and O–H groups in total. The number of carbonyl (C=O) groups is 1. The van der Waals surface area contributed by atoms with Gasteiger partial charge in [-0.25, -0.2) is 5.43 Å². The van der Waals surface area contributed by atoms with Crippen molar-refractivity contribution in [1.82, 2.24) is 15.2 Å². The van der Waals surface area contributed by atoms with E-state index in [1.54, 1.807) is 12.1 Å². The van der Waals surface area contributed by atoms with E-state index in [4.69, 9.17) is 0 Å². The van der Waals surface area contributed by atoms with Crippen LogP contribution in [0.5, 0.6) is 0 Å². The molecule has 1 aliphatic heterocycles. The molecule has 22 heavy (non-hydrogen) atoms. The quantitative estimate of drug-likeness (QED) is 0.480. The third kappa shape index (κ3) is 4.90. The fourth-order valence-corrected chi connectivity index (χ4v) is 2.11. The lowest BCUT2D eigenvalue weighted by molar-refractivity contribution is -0.384. The predicted octanol–water partition coefficient (Wildman–Crippen LogP) is 0.292. The molecule has 1 aromatic carbocycles. The van der Waals surface area contributed by atoms with Crippen LogP contribution < -0.4 is 5.43 Å². The van der Waals surface area contributed by atoms with Gasteiger partial charge in [0, 0.05) is 38.3 Å². The second kappa shape index (κ2) is 7.62. The van der Waals surface area contributed by atoms with Gasteiger partial charge >= 0.3 is 0 Å². The Labute approximate surface area is 128 Å². The highest BCUT2D eigenvalue weighted by Crippen LogP contribution is 2.10. The van der Waals surface area contributed by atoms with Gasteiger partial charge in [-0.1, -0.05) is 0 Å². The molecule has 0 spiro atoms. The third-order valence-corrected chi connectivity index (χ3v) is 3.47. The largest absolute Gasteiger partial charge is 0.304 e. The average molecular weight is 305 g/mol. The Bertz CT molecular complexity index is 550. The maximum absolute atomic E-state index is 11.8. The van der Waals surface area contributed by atoms with E-state index in [0.717, 1.165) is 26.2 Å². The zero-order chi connectivity index (χ0) is 15.9. The predicted molar refractivity (Wildman–Crippen MR) is 82.8 cm³/mol. The minimum atomic E-state index is -0.460. The molecule has 0 saturated carbocycles. The van der Waals surface area contributed by atoms with Gasteiger partial charge in [0.25, 0.3) is 11.6 Å². The summed E-state index contributed by atoms with van der Waals surface area (Å²) in [6.45, 7) is 3.98. The summed E-state index contributed by atoms with van der Waals surface area (Å²) < 4.78 is 0. The topological polar surface area (TPSA) is 91.1 Å². The molecule has 8 nitrogen and oxygen atoms in total. The van der Waals surface area contributed by atoms with E-state index in [-0.39, 0.29) is 11.6 Å². The van der Waals surface area contributed by atoms with Gasteiger partial charge in [-0.05, 0) is 24.7 Å². The number of non-ortho nitro benzene ring substituents is 1. The average Bonchev–Trinajstić information content (AvgIpc) is 2.50. The van der Waals surface area contributed by atoms with Crippen LogP contribution in [0.3, 0.4) is 0 Å². The standard InChI is InChI=1S/C14H19N5O3/c1-17-6-8-18(9-7-17)11-14(20)16-15-10-12-2-4-13(5-3-12)19(21)22/h2-5,10H,6-9,11H2,1H3,(H,16,20)/b15-10+. The van der Waals surface area contributed by atoms with E-state index < -0.39 is 4.92 Å². The molecule has 1 fully saturated rings. The van der Waals surface area contributed by atoms with Crippen LogP contribution in [0.4, 0.5) is 5.69 Å². The number of carbonyl (C=O) groups excluding carboxylic acids is 1. The number of hydrogen-bond donors (Lipinski definition) is 1. The highest BCUT2D eigenvalue weighted by Gasteiger charge is 2.15. The number of nitrogens with zero attached hydrogens (tertiary/aromatic N) is 4. The van der Waals surface area contributed by atoms with Crippen LogP contribution in [0.15, 0.2) is 29.4 Å². The molecule has 1 amide bonds. The molecule has 1 saturated heterocycles. The second-order valence-corrected chi connectivity index (χ2v) is 5.22. The Morgan fingerprint density at radius 3 is 2.55 bits per heavy atom. The van der Waals surface area contributed by atoms with Crippen molar-refractivity contribution in [3.05, 3.63) is 39.9 Å². The van der Waals surface area contributed by atoms with Gasteiger partial charge in [-0.15, -0.1) is 0 Å². The molecule has 118 valence electrons. The number of likely N-dealkylation sites (N-methyl/N-ethyl adjacent to an activating group) is 1. The van der Waals surface area contributed by atoms with Crippen LogP contribution in [0.1, 0.15) is 5.56 Å². The Balaban J connectivity index is 1.76. The van der Waals surface area contributed by atoms with Gasteiger partial charge in [0.1, 0.15) is 0 Å². The maximum atomic E-state index is 11.8. The van der Waals surface area contributed by atoms with E-state index in [2.05, 4.69) is 27.4 Å². The van der Waals surface area contributed by atoms with Gasteiger partial charge in [-0.2, -0.15) is 5.10 Å². The molecule has 8 heteroatoms. The number of nitrogens with one attached hydrogen (secondary N) is 1. The number of amides is 1. The Morgan fingerprint density at radius 1 is 1.32 bits per heavy atom. The summed E-state index contributed by atoms with van der Waals surface area (Å²) in [5, 5.41) is 14.4. The van der Waals surface area contributed by atoms with Gasteiger partial charge in [0.15, 0.2) is 0 Å². The molecule has 0 unspecified atom stereocenters. The van der Waals surface area contributed by atoms with Crippen molar-refractivity contribution >= 4 is 17.8 Å². The summed E-state index contributed by atoms with van der Waals surface area (Å²) in [7, 11) is 2.06. The summed E-state index contributed by atoms with van der Waals surface area (Å²) in [5.41, 5.74) is 3.18. The summed E-state index contributed by atoms with van der Waals surface area (Å²) in [5.74, 6) is -0.164. The highest BCUT2D eigenvalue weighted by atomic mass is 16.6. The third-order valence-electron chi connectivity index (χ3n) is 3.47. The lowest BCUT2D eigenvalue weighted by Crippen LogP contribution is -2.47. The number of nitro groups is 1. The van der Waals surface area contributed by atoms with E-state index in [1.165, 1.54) is 18.3 Å². The molecule has 0 aliphatic carbocycles. The lowest BCUT2D eigenvalue weighted by Gasteiger charge is -2.31. The normalized spacial score (nSPS) is 16.8. The van der Waals surface area contributed by atoms with E-state index in [0.29, 0.717) is 12.1 Å². The molecule has 0 atom stereocenters. The van der Waals surface area contributed by atoms with Crippen LogP contribution >= 0.6 is 0 Å². The van der Waals surface area contributed by atoms with Crippen LogP contribution in [0.2, 0.25) is 0 Å². The fourth-order valence-electron chi connectivity index (χ4n) is 2.11. The molecule has 1 heterocycles. The van der Waals surface area contributed by atoms with Gasteiger partial charge in [0.05, 0.1) is 17.7 Å². The van der Waals surface area contributed by atoms with E-state index in [9.17, 15) is 14.9 Å². The Morgan fingerprint density at radius 2 is 1.95 bits per heavy atom. The minimum absolute atomic E-state index is 0.0243.